The number of carbonyl (C=O) groups excluding carboxylic acids is 1. The molecule has 0 spiro atoms. The molecule has 2 saturated carbocycles. The number of carboxylic acid groups (broad SMARTS) is 1. The van der Waals surface area contributed by atoms with E-state index in [0.717, 1.165) is 42.8 Å². The fourth-order valence-corrected chi connectivity index (χ4v) is 4.93. The van der Waals surface area contributed by atoms with Gasteiger partial charge in [0.2, 0.25) is 0 Å². The molecule has 2 fully saturated rings. The average Bonchev–Trinajstić information content (AvgIpc) is 3.17. The number of hydrogen-bond donors (Lipinski definition) is 2. The molecule has 1 aromatic rings. The lowest BCUT2D eigenvalue weighted by Crippen LogP contribution is -2.55. The van der Waals surface area contributed by atoms with Crippen LogP contribution in [0.2, 0.25) is 0 Å². The summed E-state index contributed by atoms with van der Waals surface area (Å²) in [6.45, 7) is 1.85. The highest BCUT2D eigenvalue weighted by molar-refractivity contribution is 7.13. The Morgan fingerprint density at radius 3 is 2.43 bits per heavy atom. The van der Waals surface area contributed by atoms with Gasteiger partial charge in [0.15, 0.2) is 0 Å². The monoisotopic (exact) mass is 336 g/mol. The van der Waals surface area contributed by atoms with Crippen LogP contribution in [0.1, 0.15) is 84.1 Å². The van der Waals surface area contributed by atoms with Gasteiger partial charge in [-0.25, -0.2) is 9.78 Å². The van der Waals surface area contributed by atoms with Gasteiger partial charge in [-0.1, -0.05) is 32.1 Å². The summed E-state index contributed by atoms with van der Waals surface area (Å²) in [6.07, 6.45) is 8.52. The van der Waals surface area contributed by atoms with Crippen LogP contribution in [0.25, 0.3) is 0 Å². The number of carbonyl (C=O) groups is 2. The fourth-order valence-electron chi connectivity index (χ4n) is 3.80. The second kappa shape index (κ2) is 6.59. The van der Waals surface area contributed by atoms with Gasteiger partial charge in [0, 0.05) is 5.92 Å². The van der Waals surface area contributed by atoms with Crippen molar-refractivity contribution >= 4 is 23.2 Å². The number of nitrogens with one attached hydrogen (secondary N) is 1. The molecule has 2 N–H and O–H groups in total. The van der Waals surface area contributed by atoms with Crippen molar-refractivity contribution < 1.29 is 14.7 Å². The Morgan fingerprint density at radius 1 is 1.17 bits per heavy atom. The highest BCUT2D eigenvalue weighted by Crippen LogP contribution is 2.37. The van der Waals surface area contributed by atoms with Crippen molar-refractivity contribution in [1.29, 1.82) is 0 Å². The Bertz CT molecular complexity index is 599. The summed E-state index contributed by atoms with van der Waals surface area (Å²) in [7, 11) is 0. The standard InChI is InChI=1S/C17H24N2O3S/c1-11-13(23-15(18-11)12-7-3-4-8-12)14(20)19-17(16(21)22)9-5-2-6-10-17/h12H,2-10H2,1H3,(H,19,20)(H,21,22). The van der Waals surface area contributed by atoms with Crippen molar-refractivity contribution in [3.05, 3.63) is 15.6 Å². The van der Waals surface area contributed by atoms with Crippen molar-refractivity contribution in [3.8, 4) is 0 Å². The molecule has 2 aliphatic rings. The molecule has 0 unspecified atom stereocenters. The van der Waals surface area contributed by atoms with Crippen molar-refractivity contribution in [3.63, 3.8) is 0 Å². The van der Waals surface area contributed by atoms with Crippen LogP contribution in [-0.2, 0) is 4.79 Å². The van der Waals surface area contributed by atoms with Crippen LogP contribution in [0.15, 0.2) is 0 Å². The summed E-state index contributed by atoms with van der Waals surface area (Å²) in [6, 6.07) is 0. The van der Waals surface area contributed by atoms with Gasteiger partial charge in [-0.05, 0) is 32.6 Å². The molecule has 0 radical (unpaired) electrons. The third kappa shape index (κ3) is 3.27. The molecular formula is C17H24N2O3S. The van der Waals surface area contributed by atoms with Crippen LogP contribution in [0.3, 0.4) is 0 Å². The van der Waals surface area contributed by atoms with Gasteiger partial charge in [0.05, 0.1) is 10.7 Å². The van der Waals surface area contributed by atoms with Crippen molar-refractivity contribution in [1.82, 2.24) is 10.3 Å². The maximum atomic E-state index is 12.7. The lowest BCUT2D eigenvalue weighted by atomic mass is 9.81. The third-order valence-corrected chi connectivity index (χ3v) is 6.51. The molecule has 2 aliphatic carbocycles. The van der Waals surface area contributed by atoms with E-state index in [0.29, 0.717) is 23.6 Å². The first-order chi connectivity index (χ1) is 11.0. The molecule has 0 aromatic carbocycles. The summed E-state index contributed by atoms with van der Waals surface area (Å²) in [4.78, 5) is 29.5. The van der Waals surface area contributed by atoms with E-state index in [9.17, 15) is 14.7 Å². The fraction of sp³-hybridized carbons (Fsp3) is 0.706. The predicted molar refractivity (Wildman–Crippen MR) is 89.0 cm³/mol. The van der Waals surface area contributed by atoms with E-state index in [4.69, 9.17) is 0 Å². The van der Waals surface area contributed by atoms with Crippen LogP contribution >= 0.6 is 11.3 Å². The topological polar surface area (TPSA) is 79.3 Å². The number of hydrogen-bond acceptors (Lipinski definition) is 4. The SMILES string of the molecule is Cc1nc(C2CCCC2)sc1C(=O)NC1(C(=O)O)CCCCC1. The molecule has 0 aliphatic heterocycles. The Balaban J connectivity index is 1.78. The highest BCUT2D eigenvalue weighted by Gasteiger charge is 2.41. The van der Waals surface area contributed by atoms with E-state index in [2.05, 4.69) is 10.3 Å². The minimum atomic E-state index is -1.10. The van der Waals surface area contributed by atoms with E-state index in [1.165, 1.54) is 24.2 Å². The first-order valence-corrected chi connectivity index (χ1v) is 9.37. The van der Waals surface area contributed by atoms with Crippen molar-refractivity contribution in [2.75, 3.05) is 0 Å². The molecule has 6 heteroatoms. The lowest BCUT2D eigenvalue weighted by molar-refractivity contribution is -0.145. The molecule has 126 valence electrons. The van der Waals surface area contributed by atoms with E-state index >= 15 is 0 Å². The Labute approximate surface area is 140 Å². The Hall–Kier alpha value is -1.43. The minimum absolute atomic E-state index is 0.270. The predicted octanol–water partition coefficient (Wildman–Crippen LogP) is 3.63. The maximum Gasteiger partial charge on any atom is 0.329 e. The van der Waals surface area contributed by atoms with Gasteiger partial charge >= 0.3 is 5.97 Å². The summed E-state index contributed by atoms with van der Waals surface area (Å²) in [5, 5.41) is 13.5. The normalized spacial score (nSPS) is 21.3. The second-order valence-corrected chi connectivity index (χ2v) is 7.88. The molecule has 5 nitrogen and oxygen atoms in total. The van der Waals surface area contributed by atoms with Gasteiger partial charge in [0.1, 0.15) is 10.4 Å². The van der Waals surface area contributed by atoms with Crippen LogP contribution in [0.4, 0.5) is 0 Å². The van der Waals surface area contributed by atoms with E-state index in [1.807, 2.05) is 6.92 Å². The number of amides is 1. The lowest BCUT2D eigenvalue weighted by Gasteiger charge is -2.33. The number of rotatable bonds is 4. The molecule has 0 atom stereocenters. The zero-order valence-corrected chi connectivity index (χ0v) is 14.4. The second-order valence-electron chi connectivity index (χ2n) is 6.85. The third-order valence-electron chi connectivity index (χ3n) is 5.19. The first kappa shape index (κ1) is 16.4. The largest absolute Gasteiger partial charge is 0.480 e. The molecule has 1 aromatic heterocycles. The summed E-state index contributed by atoms with van der Waals surface area (Å²) >= 11 is 1.45. The van der Waals surface area contributed by atoms with Crippen LogP contribution in [0.5, 0.6) is 0 Å². The smallest absolute Gasteiger partial charge is 0.329 e. The quantitative estimate of drug-likeness (QED) is 0.880. The number of carboxylic acids is 1. The number of aryl methyl sites for hydroxylation is 1. The maximum absolute atomic E-state index is 12.7. The van der Waals surface area contributed by atoms with Crippen LogP contribution in [0, 0.1) is 6.92 Å². The van der Waals surface area contributed by atoms with Gasteiger partial charge in [0.25, 0.3) is 5.91 Å². The molecule has 1 heterocycles. The molecule has 0 bridgehead atoms. The minimum Gasteiger partial charge on any atom is -0.480 e. The first-order valence-electron chi connectivity index (χ1n) is 8.55. The van der Waals surface area contributed by atoms with Crippen molar-refractivity contribution in [2.24, 2.45) is 0 Å². The molecule has 23 heavy (non-hydrogen) atoms. The van der Waals surface area contributed by atoms with Gasteiger partial charge in [-0.3, -0.25) is 4.79 Å². The van der Waals surface area contributed by atoms with Crippen molar-refractivity contribution in [2.45, 2.75) is 76.2 Å². The van der Waals surface area contributed by atoms with Gasteiger partial charge < -0.3 is 10.4 Å². The van der Waals surface area contributed by atoms with E-state index < -0.39 is 11.5 Å². The highest BCUT2D eigenvalue weighted by atomic mass is 32.1. The summed E-state index contributed by atoms with van der Waals surface area (Å²) < 4.78 is 0. The van der Waals surface area contributed by atoms with E-state index in [1.54, 1.807) is 0 Å². The Kier molecular flexibility index (Phi) is 4.71. The number of aliphatic carboxylic acids is 1. The molecular weight excluding hydrogens is 312 g/mol. The number of nitrogens with zero attached hydrogens (tertiary/aromatic N) is 1. The average molecular weight is 336 g/mol. The zero-order valence-electron chi connectivity index (χ0n) is 13.6. The van der Waals surface area contributed by atoms with Gasteiger partial charge in [-0.15, -0.1) is 11.3 Å². The Morgan fingerprint density at radius 2 is 1.83 bits per heavy atom. The van der Waals surface area contributed by atoms with Crippen LogP contribution < -0.4 is 5.32 Å². The van der Waals surface area contributed by atoms with Gasteiger partial charge in [-0.2, -0.15) is 0 Å². The molecule has 1 amide bonds. The summed E-state index contributed by atoms with van der Waals surface area (Å²) in [5.74, 6) is -0.708. The van der Waals surface area contributed by atoms with Crippen LogP contribution in [-0.4, -0.2) is 27.5 Å². The molecule has 3 rings (SSSR count). The number of aromatic nitrogens is 1. The zero-order chi connectivity index (χ0) is 16.4. The number of thiazole rings is 1. The summed E-state index contributed by atoms with van der Waals surface area (Å²) in [5.41, 5.74) is -0.370. The van der Waals surface area contributed by atoms with E-state index in [-0.39, 0.29) is 5.91 Å². The molecule has 0 saturated heterocycles.